The van der Waals surface area contributed by atoms with Crippen LogP contribution in [0.1, 0.15) is 42.9 Å². The predicted octanol–water partition coefficient (Wildman–Crippen LogP) is 4.85. The fourth-order valence-corrected chi connectivity index (χ4v) is 3.13. The molecule has 0 radical (unpaired) electrons. The van der Waals surface area contributed by atoms with Crippen LogP contribution in [-0.2, 0) is 0 Å². The van der Waals surface area contributed by atoms with Gasteiger partial charge in [-0.25, -0.2) is 9.37 Å². The molecular formula is C14H16BrFN2S. The molecule has 1 N–H and O–H groups in total. The van der Waals surface area contributed by atoms with Gasteiger partial charge in [0.25, 0.3) is 0 Å². The van der Waals surface area contributed by atoms with Gasteiger partial charge in [0.15, 0.2) is 0 Å². The van der Waals surface area contributed by atoms with Gasteiger partial charge in [-0.15, -0.1) is 11.3 Å². The summed E-state index contributed by atoms with van der Waals surface area (Å²) >= 11 is 4.88. The number of thiazole rings is 1. The number of halogens is 2. The topological polar surface area (TPSA) is 24.9 Å². The minimum Gasteiger partial charge on any atom is -0.301 e. The van der Waals surface area contributed by atoms with Crippen LogP contribution in [0.4, 0.5) is 4.39 Å². The summed E-state index contributed by atoms with van der Waals surface area (Å²) in [6.45, 7) is 4.21. The van der Waals surface area contributed by atoms with E-state index in [1.807, 2.05) is 23.7 Å². The van der Waals surface area contributed by atoms with Gasteiger partial charge in [-0.3, -0.25) is 0 Å². The van der Waals surface area contributed by atoms with Crippen LogP contribution < -0.4 is 5.32 Å². The van der Waals surface area contributed by atoms with E-state index in [1.54, 1.807) is 11.3 Å². The lowest BCUT2D eigenvalue weighted by Gasteiger charge is -2.21. The summed E-state index contributed by atoms with van der Waals surface area (Å²) in [6, 6.07) is 5.50. The van der Waals surface area contributed by atoms with Crippen molar-refractivity contribution in [3.05, 3.63) is 50.6 Å². The number of hydrogen-bond donors (Lipinski definition) is 1. The lowest BCUT2D eigenvalue weighted by atomic mass is 10.1. The van der Waals surface area contributed by atoms with Gasteiger partial charge in [-0.05, 0) is 47.0 Å². The molecule has 2 aromatic rings. The molecule has 1 aromatic heterocycles. The first-order valence-electron chi connectivity index (χ1n) is 6.22. The Bertz CT molecular complexity index is 530. The summed E-state index contributed by atoms with van der Waals surface area (Å²) in [6.07, 6.45) is 2.80. The molecule has 0 bridgehead atoms. The highest BCUT2D eigenvalue weighted by Gasteiger charge is 2.16. The average Bonchev–Trinajstić information content (AvgIpc) is 2.92. The van der Waals surface area contributed by atoms with Crippen molar-refractivity contribution in [3.8, 4) is 0 Å². The highest BCUT2D eigenvalue weighted by Crippen LogP contribution is 2.26. The largest absolute Gasteiger partial charge is 0.301 e. The lowest BCUT2D eigenvalue weighted by Crippen LogP contribution is -2.24. The van der Waals surface area contributed by atoms with Crippen LogP contribution in [0, 0.1) is 5.82 Å². The Morgan fingerprint density at radius 2 is 2.26 bits per heavy atom. The fraction of sp³-hybridized carbons (Fsp3) is 0.357. The molecular weight excluding hydrogens is 327 g/mol. The van der Waals surface area contributed by atoms with E-state index in [-0.39, 0.29) is 17.9 Å². The van der Waals surface area contributed by atoms with Gasteiger partial charge < -0.3 is 5.32 Å². The van der Waals surface area contributed by atoms with Crippen molar-refractivity contribution in [1.82, 2.24) is 10.3 Å². The Hall–Kier alpha value is -0.780. The molecule has 0 amide bonds. The third kappa shape index (κ3) is 3.61. The molecule has 19 heavy (non-hydrogen) atoms. The zero-order valence-electron chi connectivity index (χ0n) is 10.9. The molecule has 0 fully saturated rings. The van der Waals surface area contributed by atoms with Crippen LogP contribution in [-0.4, -0.2) is 4.98 Å². The molecule has 2 rings (SSSR count). The minimum absolute atomic E-state index is 0.144. The van der Waals surface area contributed by atoms with E-state index in [9.17, 15) is 4.39 Å². The minimum atomic E-state index is -0.233. The zero-order valence-corrected chi connectivity index (χ0v) is 13.3. The van der Waals surface area contributed by atoms with E-state index in [2.05, 4.69) is 40.1 Å². The normalized spacial score (nSPS) is 14.3. The molecule has 102 valence electrons. The van der Waals surface area contributed by atoms with E-state index >= 15 is 0 Å². The summed E-state index contributed by atoms with van der Waals surface area (Å²) in [4.78, 5) is 4.35. The molecule has 0 aliphatic heterocycles. The van der Waals surface area contributed by atoms with Crippen LogP contribution in [0.3, 0.4) is 0 Å². The van der Waals surface area contributed by atoms with Crippen molar-refractivity contribution in [2.75, 3.05) is 0 Å². The van der Waals surface area contributed by atoms with Gasteiger partial charge in [0.1, 0.15) is 10.8 Å². The second kappa shape index (κ2) is 6.59. The number of nitrogens with zero attached hydrogens (tertiary/aromatic N) is 1. The van der Waals surface area contributed by atoms with E-state index < -0.39 is 0 Å². The molecule has 0 spiro atoms. The maximum Gasteiger partial charge on any atom is 0.137 e. The van der Waals surface area contributed by atoms with Crippen LogP contribution in [0.15, 0.2) is 34.2 Å². The van der Waals surface area contributed by atoms with Crippen LogP contribution in [0.5, 0.6) is 0 Å². The predicted molar refractivity (Wildman–Crippen MR) is 80.8 cm³/mol. The number of aromatic nitrogens is 1. The Balaban J connectivity index is 2.11. The molecule has 1 aromatic carbocycles. The van der Waals surface area contributed by atoms with E-state index in [1.165, 1.54) is 6.07 Å². The first-order chi connectivity index (χ1) is 9.11. The Morgan fingerprint density at radius 1 is 1.47 bits per heavy atom. The monoisotopic (exact) mass is 342 g/mol. The number of benzene rings is 1. The second-order valence-electron chi connectivity index (χ2n) is 4.39. The highest BCUT2D eigenvalue weighted by molar-refractivity contribution is 9.10. The summed E-state index contributed by atoms with van der Waals surface area (Å²) in [5, 5.41) is 6.61. The SMILES string of the molecule is CCC(NC(C)c1ccc(F)c(Br)c1)c1nccs1. The molecule has 1 heterocycles. The fourth-order valence-electron chi connectivity index (χ4n) is 1.95. The number of rotatable bonds is 5. The van der Waals surface area contributed by atoms with Crippen molar-refractivity contribution in [2.24, 2.45) is 0 Å². The third-order valence-corrected chi connectivity index (χ3v) is 4.55. The highest BCUT2D eigenvalue weighted by atomic mass is 79.9. The number of nitrogens with one attached hydrogen (secondary N) is 1. The summed E-state index contributed by atoms with van der Waals surface area (Å²) < 4.78 is 13.7. The quantitative estimate of drug-likeness (QED) is 0.840. The maximum absolute atomic E-state index is 13.2. The molecule has 0 saturated heterocycles. The molecule has 2 unspecified atom stereocenters. The molecule has 5 heteroatoms. The molecule has 0 aliphatic carbocycles. The third-order valence-electron chi connectivity index (χ3n) is 3.05. The summed E-state index contributed by atoms with van der Waals surface area (Å²) in [5.41, 5.74) is 1.06. The second-order valence-corrected chi connectivity index (χ2v) is 6.17. The van der Waals surface area contributed by atoms with Gasteiger partial charge in [-0.2, -0.15) is 0 Å². The van der Waals surface area contributed by atoms with Gasteiger partial charge >= 0.3 is 0 Å². The Labute approximate surface area is 125 Å². The molecule has 2 atom stereocenters. The molecule has 2 nitrogen and oxygen atoms in total. The maximum atomic E-state index is 13.2. The van der Waals surface area contributed by atoms with Crippen LogP contribution in [0.2, 0.25) is 0 Å². The van der Waals surface area contributed by atoms with E-state index in [0.29, 0.717) is 4.47 Å². The van der Waals surface area contributed by atoms with Crippen molar-refractivity contribution >= 4 is 27.3 Å². The lowest BCUT2D eigenvalue weighted by molar-refractivity contribution is 0.454. The summed E-state index contributed by atoms with van der Waals surface area (Å²) in [5.74, 6) is -0.233. The standard InChI is InChI=1S/C14H16BrFN2S/c1-3-13(14-17-6-7-19-14)18-9(2)10-4-5-12(16)11(15)8-10/h4-9,13,18H,3H2,1-2H3. The van der Waals surface area contributed by atoms with Crippen molar-refractivity contribution in [3.63, 3.8) is 0 Å². The Kier molecular flexibility index (Phi) is 5.07. The van der Waals surface area contributed by atoms with Gasteiger partial charge in [0.2, 0.25) is 0 Å². The van der Waals surface area contributed by atoms with Crippen molar-refractivity contribution in [2.45, 2.75) is 32.4 Å². The van der Waals surface area contributed by atoms with Crippen molar-refractivity contribution in [1.29, 1.82) is 0 Å². The zero-order chi connectivity index (χ0) is 13.8. The first-order valence-corrected chi connectivity index (χ1v) is 7.89. The van der Waals surface area contributed by atoms with Crippen molar-refractivity contribution < 1.29 is 4.39 Å². The van der Waals surface area contributed by atoms with E-state index in [4.69, 9.17) is 0 Å². The van der Waals surface area contributed by atoms with Gasteiger partial charge in [0, 0.05) is 17.6 Å². The van der Waals surface area contributed by atoms with E-state index in [0.717, 1.165) is 17.0 Å². The van der Waals surface area contributed by atoms with Crippen LogP contribution >= 0.6 is 27.3 Å². The van der Waals surface area contributed by atoms with Gasteiger partial charge in [-0.1, -0.05) is 13.0 Å². The van der Waals surface area contributed by atoms with Gasteiger partial charge in [0.05, 0.1) is 10.5 Å². The number of hydrogen-bond acceptors (Lipinski definition) is 3. The smallest absolute Gasteiger partial charge is 0.137 e. The average molecular weight is 343 g/mol. The molecule has 0 aliphatic rings. The Morgan fingerprint density at radius 3 is 2.84 bits per heavy atom. The molecule has 0 saturated carbocycles. The first kappa shape index (κ1) is 14.6. The van der Waals surface area contributed by atoms with Crippen LogP contribution in [0.25, 0.3) is 0 Å². The summed E-state index contributed by atoms with van der Waals surface area (Å²) in [7, 11) is 0.